The number of hydrogen-bond acceptors (Lipinski definition) is 3. The van der Waals surface area contributed by atoms with E-state index in [0.717, 1.165) is 19.6 Å². The zero-order valence-corrected chi connectivity index (χ0v) is 11.3. The second-order valence-electron chi connectivity index (χ2n) is 5.24. The van der Waals surface area contributed by atoms with Gasteiger partial charge in [0.1, 0.15) is 0 Å². The van der Waals surface area contributed by atoms with Crippen molar-refractivity contribution in [2.45, 2.75) is 25.4 Å². The Morgan fingerprint density at radius 2 is 2.11 bits per heavy atom. The lowest BCUT2D eigenvalue weighted by molar-refractivity contribution is 0.162. The first-order chi connectivity index (χ1) is 8.79. The SMILES string of the molecule is CN(CCO)C[C@@H]1CCCN1Cc1ccccc1. The molecular weight excluding hydrogens is 224 g/mol. The van der Waals surface area contributed by atoms with Crippen molar-refractivity contribution >= 4 is 0 Å². The minimum atomic E-state index is 0.252. The first kappa shape index (κ1) is 13.5. The quantitative estimate of drug-likeness (QED) is 0.828. The van der Waals surface area contributed by atoms with Gasteiger partial charge >= 0.3 is 0 Å². The van der Waals surface area contributed by atoms with Gasteiger partial charge in [0.25, 0.3) is 0 Å². The van der Waals surface area contributed by atoms with Gasteiger partial charge in [-0.3, -0.25) is 4.90 Å². The highest BCUT2D eigenvalue weighted by Gasteiger charge is 2.25. The predicted octanol–water partition coefficient (Wildman–Crippen LogP) is 1.58. The molecule has 0 aromatic heterocycles. The fourth-order valence-electron chi connectivity index (χ4n) is 2.75. The van der Waals surface area contributed by atoms with Crippen LogP contribution in [0.1, 0.15) is 18.4 Å². The number of likely N-dealkylation sites (N-methyl/N-ethyl adjacent to an activating group) is 1. The van der Waals surface area contributed by atoms with Crippen molar-refractivity contribution in [2.75, 3.05) is 33.3 Å². The van der Waals surface area contributed by atoms with Gasteiger partial charge in [0.15, 0.2) is 0 Å². The molecule has 0 aliphatic carbocycles. The van der Waals surface area contributed by atoms with Crippen molar-refractivity contribution in [2.24, 2.45) is 0 Å². The van der Waals surface area contributed by atoms with Crippen LogP contribution >= 0.6 is 0 Å². The van der Waals surface area contributed by atoms with Crippen LogP contribution in [0.15, 0.2) is 30.3 Å². The third-order valence-corrected chi connectivity index (χ3v) is 3.73. The van der Waals surface area contributed by atoms with Crippen LogP contribution in [0.3, 0.4) is 0 Å². The Labute approximate surface area is 110 Å². The van der Waals surface area contributed by atoms with E-state index in [-0.39, 0.29) is 6.61 Å². The molecule has 0 radical (unpaired) electrons. The highest BCUT2D eigenvalue weighted by atomic mass is 16.3. The third-order valence-electron chi connectivity index (χ3n) is 3.73. The highest BCUT2D eigenvalue weighted by Crippen LogP contribution is 2.20. The summed E-state index contributed by atoms with van der Waals surface area (Å²) in [6.45, 7) is 4.34. The molecule has 1 aromatic rings. The van der Waals surface area contributed by atoms with E-state index in [1.54, 1.807) is 0 Å². The molecule has 1 saturated heterocycles. The van der Waals surface area contributed by atoms with Crippen molar-refractivity contribution in [3.63, 3.8) is 0 Å². The molecule has 1 aromatic carbocycles. The fourth-order valence-corrected chi connectivity index (χ4v) is 2.75. The minimum Gasteiger partial charge on any atom is -0.395 e. The Kier molecular flexibility index (Phi) is 5.17. The van der Waals surface area contributed by atoms with Crippen molar-refractivity contribution in [3.05, 3.63) is 35.9 Å². The van der Waals surface area contributed by atoms with Gasteiger partial charge in [-0.05, 0) is 32.0 Å². The van der Waals surface area contributed by atoms with Gasteiger partial charge in [-0.25, -0.2) is 0 Å². The van der Waals surface area contributed by atoms with Crippen molar-refractivity contribution in [1.82, 2.24) is 9.80 Å². The fraction of sp³-hybridized carbons (Fsp3) is 0.600. The minimum absolute atomic E-state index is 0.252. The van der Waals surface area contributed by atoms with E-state index in [1.807, 2.05) is 0 Å². The highest BCUT2D eigenvalue weighted by molar-refractivity contribution is 5.14. The number of hydrogen-bond donors (Lipinski definition) is 1. The third kappa shape index (κ3) is 3.80. The van der Waals surface area contributed by atoms with Crippen molar-refractivity contribution < 1.29 is 5.11 Å². The van der Waals surface area contributed by atoms with Crippen LogP contribution in [-0.2, 0) is 6.54 Å². The average molecular weight is 248 g/mol. The monoisotopic (exact) mass is 248 g/mol. The molecule has 2 rings (SSSR count). The lowest BCUT2D eigenvalue weighted by Crippen LogP contribution is -2.39. The zero-order valence-electron chi connectivity index (χ0n) is 11.3. The maximum Gasteiger partial charge on any atom is 0.0558 e. The molecule has 0 saturated carbocycles. The summed E-state index contributed by atoms with van der Waals surface area (Å²) in [6, 6.07) is 11.3. The van der Waals surface area contributed by atoms with Crippen LogP contribution in [0.5, 0.6) is 0 Å². The molecule has 0 spiro atoms. The maximum atomic E-state index is 8.96. The second kappa shape index (κ2) is 6.88. The van der Waals surface area contributed by atoms with E-state index >= 15 is 0 Å². The normalized spacial score (nSPS) is 20.7. The second-order valence-corrected chi connectivity index (χ2v) is 5.24. The molecule has 1 aliphatic rings. The van der Waals surface area contributed by atoms with Gasteiger partial charge in [0.2, 0.25) is 0 Å². The summed E-state index contributed by atoms with van der Waals surface area (Å²) in [6.07, 6.45) is 2.58. The number of likely N-dealkylation sites (tertiary alicyclic amines) is 1. The standard InChI is InChI=1S/C15H24N2O/c1-16(10-11-18)13-15-8-5-9-17(15)12-14-6-3-2-4-7-14/h2-4,6-7,15,18H,5,8-13H2,1H3/t15-/m0/s1. The molecule has 0 unspecified atom stereocenters. The zero-order chi connectivity index (χ0) is 12.8. The Morgan fingerprint density at radius 3 is 2.83 bits per heavy atom. The summed E-state index contributed by atoms with van der Waals surface area (Å²) in [4.78, 5) is 4.80. The molecule has 100 valence electrons. The van der Waals surface area contributed by atoms with Crippen LogP contribution in [-0.4, -0.2) is 54.2 Å². The predicted molar refractivity (Wildman–Crippen MR) is 74.5 cm³/mol. The van der Waals surface area contributed by atoms with Gasteiger partial charge < -0.3 is 10.0 Å². The van der Waals surface area contributed by atoms with Gasteiger partial charge in [-0.15, -0.1) is 0 Å². The molecule has 1 fully saturated rings. The summed E-state index contributed by atoms with van der Waals surface area (Å²) in [5.74, 6) is 0. The van der Waals surface area contributed by atoms with Crippen molar-refractivity contribution in [1.29, 1.82) is 0 Å². The number of nitrogens with zero attached hydrogens (tertiary/aromatic N) is 2. The number of rotatable bonds is 6. The molecule has 3 heteroatoms. The maximum absolute atomic E-state index is 8.96. The van der Waals surface area contributed by atoms with E-state index in [0.29, 0.717) is 6.04 Å². The molecule has 1 heterocycles. The average Bonchev–Trinajstić information content (AvgIpc) is 2.78. The Balaban J connectivity index is 1.87. The van der Waals surface area contributed by atoms with E-state index in [1.165, 1.54) is 24.9 Å². The summed E-state index contributed by atoms with van der Waals surface area (Å²) in [5.41, 5.74) is 1.40. The molecule has 1 atom stereocenters. The number of aliphatic hydroxyl groups is 1. The smallest absolute Gasteiger partial charge is 0.0558 e. The first-order valence-electron chi connectivity index (χ1n) is 6.87. The summed E-state index contributed by atoms with van der Waals surface area (Å²) in [7, 11) is 2.09. The van der Waals surface area contributed by atoms with E-state index in [9.17, 15) is 0 Å². The van der Waals surface area contributed by atoms with Crippen LogP contribution in [0.2, 0.25) is 0 Å². The first-order valence-corrected chi connectivity index (χ1v) is 6.87. The molecule has 1 aliphatic heterocycles. The van der Waals surface area contributed by atoms with Gasteiger partial charge in [-0.1, -0.05) is 30.3 Å². The molecule has 0 amide bonds. The number of benzene rings is 1. The number of aliphatic hydroxyl groups excluding tert-OH is 1. The largest absolute Gasteiger partial charge is 0.395 e. The van der Waals surface area contributed by atoms with E-state index < -0.39 is 0 Å². The van der Waals surface area contributed by atoms with E-state index in [2.05, 4.69) is 47.2 Å². The van der Waals surface area contributed by atoms with Crippen LogP contribution in [0.25, 0.3) is 0 Å². The summed E-state index contributed by atoms with van der Waals surface area (Å²) >= 11 is 0. The van der Waals surface area contributed by atoms with Gasteiger partial charge in [-0.2, -0.15) is 0 Å². The van der Waals surface area contributed by atoms with E-state index in [4.69, 9.17) is 5.11 Å². The molecule has 18 heavy (non-hydrogen) atoms. The lowest BCUT2D eigenvalue weighted by Gasteiger charge is -2.28. The Hall–Kier alpha value is -0.900. The summed E-state index contributed by atoms with van der Waals surface area (Å²) in [5, 5.41) is 8.96. The Bertz CT molecular complexity index is 342. The molecular formula is C15H24N2O. The molecule has 1 N–H and O–H groups in total. The van der Waals surface area contributed by atoms with Crippen LogP contribution in [0, 0.1) is 0 Å². The van der Waals surface area contributed by atoms with Crippen LogP contribution < -0.4 is 0 Å². The Morgan fingerprint density at radius 1 is 1.33 bits per heavy atom. The van der Waals surface area contributed by atoms with Gasteiger partial charge in [0, 0.05) is 25.7 Å². The molecule has 3 nitrogen and oxygen atoms in total. The summed E-state index contributed by atoms with van der Waals surface area (Å²) < 4.78 is 0. The molecule has 0 bridgehead atoms. The van der Waals surface area contributed by atoms with Crippen LogP contribution in [0.4, 0.5) is 0 Å². The van der Waals surface area contributed by atoms with Crippen molar-refractivity contribution in [3.8, 4) is 0 Å². The topological polar surface area (TPSA) is 26.7 Å². The lowest BCUT2D eigenvalue weighted by atomic mass is 10.1. The van der Waals surface area contributed by atoms with Gasteiger partial charge in [0.05, 0.1) is 6.61 Å².